The van der Waals surface area contributed by atoms with Crippen LogP contribution in [0.25, 0.3) is 10.2 Å². The molecule has 3 aromatic rings. The molecule has 6 nitrogen and oxygen atoms in total. The van der Waals surface area contributed by atoms with Crippen LogP contribution in [0.2, 0.25) is 0 Å². The van der Waals surface area contributed by atoms with Crippen molar-refractivity contribution in [1.82, 2.24) is 4.98 Å². The van der Waals surface area contributed by atoms with Crippen LogP contribution in [0, 0.1) is 0 Å². The summed E-state index contributed by atoms with van der Waals surface area (Å²) in [6.07, 6.45) is 0.955. The average Bonchev–Trinajstić information content (AvgIpc) is 3.06. The first-order valence-electron chi connectivity index (χ1n) is 8.20. The Bertz CT molecular complexity index is 894. The van der Waals surface area contributed by atoms with E-state index in [2.05, 4.69) is 10.3 Å². The van der Waals surface area contributed by atoms with Crippen LogP contribution in [-0.2, 0) is 4.79 Å². The van der Waals surface area contributed by atoms with Gasteiger partial charge in [-0.05, 0) is 36.8 Å². The Balaban J connectivity index is 1.48. The zero-order valence-electron chi connectivity index (χ0n) is 14.7. The fourth-order valence-electron chi connectivity index (χ4n) is 2.42. The molecule has 3 rings (SSSR count). The summed E-state index contributed by atoms with van der Waals surface area (Å²) in [6, 6.07) is 13.1. The number of fused-ring (bicyclic) bond motifs is 1. The number of hydrogen-bond donors (Lipinski definition) is 1. The van der Waals surface area contributed by atoms with E-state index in [0.717, 1.165) is 16.0 Å². The van der Waals surface area contributed by atoms with Crippen LogP contribution in [0.1, 0.15) is 12.8 Å². The molecule has 0 bridgehead atoms. The number of hydrogen-bond acceptors (Lipinski definition) is 6. The van der Waals surface area contributed by atoms with E-state index in [0.29, 0.717) is 36.1 Å². The highest BCUT2D eigenvalue weighted by atomic mass is 32.1. The minimum atomic E-state index is -0.0837. The van der Waals surface area contributed by atoms with Crippen molar-refractivity contribution in [2.45, 2.75) is 12.8 Å². The van der Waals surface area contributed by atoms with E-state index < -0.39 is 0 Å². The Morgan fingerprint density at radius 1 is 1.12 bits per heavy atom. The molecule has 0 saturated heterocycles. The van der Waals surface area contributed by atoms with Gasteiger partial charge in [-0.1, -0.05) is 23.5 Å². The number of nitrogens with zero attached hydrogens (tertiary/aromatic N) is 1. The quantitative estimate of drug-likeness (QED) is 0.603. The second kappa shape index (κ2) is 8.53. The lowest BCUT2D eigenvalue weighted by Gasteiger charge is -2.09. The molecule has 0 radical (unpaired) electrons. The molecule has 1 heterocycles. The second-order valence-electron chi connectivity index (χ2n) is 5.50. The van der Waals surface area contributed by atoms with Gasteiger partial charge in [0.25, 0.3) is 0 Å². The third-order valence-electron chi connectivity index (χ3n) is 3.72. The average molecular weight is 372 g/mol. The van der Waals surface area contributed by atoms with E-state index in [1.807, 2.05) is 42.5 Å². The molecule has 0 aliphatic rings. The molecular weight excluding hydrogens is 352 g/mol. The number of amides is 1. The summed E-state index contributed by atoms with van der Waals surface area (Å²) in [7, 11) is 3.22. The van der Waals surface area contributed by atoms with Crippen LogP contribution in [-0.4, -0.2) is 31.7 Å². The van der Waals surface area contributed by atoms with Crippen molar-refractivity contribution >= 4 is 32.6 Å². The topological polar surface area (TPSA) is 69.7 Å². The molecule has 0 aliphatic carbocycles. The maximum absolute atomic E-state index is 12.1. The van der Waals surface area contributed by atoms with Gasteiger partial charge in [0.1, 0.15) is 5.75 Å². The first-order chi connectivity index (χ1) is 12.7. The number of rotatable bonds is 8. The molecule has 0 aliphatic heterocycles. The minimum absolute atomic E-state index is 0.0837. The zero-order valence-corrected chi connectivity index (χ0v) is 15.5. The normalized spacial score (nSPS) is 10.5. The fraction of sp³-hybridized carbons (Fsp3) is 0.263. The van der Waals surface area contributed by atoms with E-state index in [9.17, 15) is 4.79 Å². The van der Waals surface area contributed by atoms with Crippen LogP contribution in [0.5, 0.6) is 17.2 Å². The van der Waals surface area contributed by atoms with Crippen molar-refractivity contribution in [2.24, 2.45) is 0 Å². The van der Waals surface area contributed by atoms with Gasteiger partial charge in [-0.2, -0.15) is 0 Å². The van der Waals surface area contributed by atoms with Crippen molar-refractivity contribution < 1.29 is 19.0 Å². The first kappa shape index (κ1) is 18.0. The van der Waals surface area contributed by atoms with Crippen LogP contribution in [0.4, 0.5) is 5.13 Å². The van der Waals surface area contributed by atoms with Gasteiger partial charge in [0, 0.05) is 6.42 Å². The maximum Gasteiger partial charge on any atom is 0.226 e. The number of para-hydroxylation sites is 2. The van der Waals surface area contributed by atoms with Crippen LogP contribution >= 0.6 is 11.3 Å². The van der Waals surface area contributed by atoms with Gasteiger partial charge in [0.05, 0.1) is 31.0 Å². The molecule has 1 aromatic heterocycles. The summed E-state index contributed by atoms with van der Waals surface area (Å²) in [6.45, 7) is 0.435. The number of thiazole rings is 1. The molecule has 1 N–H and O–H groups in total. The Kier molecular flexibility index (Phi) is 5.91. The van der Waals surface area contributed by atoms with Crippen molar-refractivity contribution in [3.63, 3.8) is 0 Å². The molecule has 0 atom stereocenters. The molecule has 0 unspecified atom stereocenters. The molecule has 1 amide bonds. The highest BCUT2D eigenvalue weighted by Gasteiger charge is 2.09. The molecule has 2 aromatic carbocycles. The van der Waals surface area contributed by atoms with E-state index in [-0.39, 0.29) is 5.91 Å². The van der Waals surface area contributed by atoms with E-state index in [1.165, 1.54) is 11.3 Å². The van der Waals surface area contributed by atoms with Crippen molar-refractivity contribution in [3.8, 4) is 17.2 Å². The molecule has 26 heavy (non-hydrogen) atoms. The molecular formula is C19H20N2O4S. The number of methoxy groups -OCH3 is 2. The van der Waals surface area contributed by atoms with Gasteiger partial charge in [-0.25, -0.2) is 4.98 Å². The van der Waals surface area contributed by atoms with Crippen LogP contribution in [0.15, 0.2) is 42.5 Å². The molecule has 136 valence electrons. The third-order valence-corrected chi connectivity index (χ3v) is 4.65. The number of carbonyl (C=O) groups is 1. The Morgan fingerprint density at radius 2 is 1.92 bits per heavy atom. The molecule has 0 fully saturated rings. The lowest BCUT2D eigenvalue weighted by molar-refractivity contribution is -0.116. The first-order valence-corrected chi connectivity index (χ1v) is 9.01. The smallest absolute Gasteiger partial charge is 0.226 e. The lowest BCUT2D eigenvalue weighted by atomic mass is 10.3. The summed E-state index contributed by atoms with van der Waals surface area (Å²) in [5.74, 6) is 2.05. The Labute approximate surface area is 155 Å². The predicted octanol–water partition coefficient (Wildman–Crippen LogP) is 4.11. The lowest BCUT2D eigenvalue weighted by Crippen LogP contribution is -2.12. The monoisotopic (exact) mass is 372 g/mol. The van der Waals surface area contributed by atoms with Gasteiger partial charge < -0.3 is 19.5 Å². The van der Waals surface area contributed by atoms with Crippen molar-refractivity contribution in [2.75, 3.05) is 26.1 Å². The second-order valence-corrected chi connectivity index (χ2v) is 6.53. The van der Waals surface area contributed by atoms with Crippen molar-refractivity contribution in [1.29, 1.82) is 0 Å². The van der Waals surface area contributed by atoms with E-state index >= 15 is 0 Å². The standard InChI is InChI=1S/C19H20N2O4S/c1-23-13-9-10-14-17(12-13)26-19(20-14)21-18(22)8-5-11-25-16-7-4-3-6-15(16)24-2/h3-4,6-7,9-10,12H,5,8,11H2,1-2H3,(H,20,21,22). The fourth-order valence-corrected chi connectivity index (χ4v) is 3.33. The number of carbonyl (C=O) groups excluding carboxylic acids is 1. The molecule has 0 saturated carbocycles. The Morgan fingerprint density at radius 3 is 2.69 bits per heavy atom. The van der Waals surface area contributed by atoms with E-state index in [4.69, 9.17) is 14.2 Å². The minimum Gasteiger partial charge on any atom is -0.497 e. The highest BCUT2D eigenvalue weighted by Crippen LogP contribution is 2.29. The maximum atomic E-state index is 12.1. The summed E-state index contributed by atoms with van der Waals surface area (Å²) < 4.78 is 17.1. The SMILES string of the molecule is COc1ccc2nc(NC(=O)CCCOc3ccccc3OC)sc2c1. The van der Waals surface area contributed by atoms with Gasteiger partial charge in [-0.3, -0.25) is 4.79 Å². The number of nitrogens with one attached hydrogen (secondary N) is 1. The number of benzene rings is 2. The summed E-state index contributed by atoms with van der Waals surface area (Å²) >= 11 is 1.43. The predicted molar refractivity (Wildman–Crippen MR) is 103 cm³/mol. The van der Waals surface area contributed by atoms with Crippen LogP contribution < -0.4 is 19.5 Å². The van der Waals surface area contributed by atoms with Gasteiger partial charge in [-0.15, -0.1) is 0 Å². The summed E-state index contributed by atoms with van der Waals surface area (Å²) in [5, 5.41) is 3.42. The molecule has 7 heteroatoms. The van der Waals surface area contributed by atoms with Gasteiger partial charge >= 0.3 is 0 Å². The summed E-state index contributed by atoms with van der Waals surface area (Å²) in [4.78, 5) is 16.5. The molecule has 0 spiro atoms. The number of aromatic nitrogens is 1. The highest BCUT2D eigenvalue weighted by molar-refractivity contribution is 7.22. The van der Waals surface area contributed by atoms with Crippen LogP contribution in [0.3, 0.4) is 0 Å². The van der Waals surface area contributed by atoms with Crippen molar-refractivity contribution in [3.05, 3.63) is 42.5 Å². The zero-order chi connectivity index (χ0) is 18.4. The van der Waals surface area contributed by atoms with E-state index in [1.54, 1.807) is 14.2 Å². The van der Waals surface area contributed by atoms with Gasteiger partial charge in [0.15, 0.2) is 16.6 Å². The number of anilines is 1. The van der Waals surface area contributed by atoms with Gasteiger partial charge in [0.2, 0.25) is 5.91 Å². The summed E-state index contributed by atoms with van der Waals surface area (Å²) in [5.41, 5.74) is 0.839. The Hall–Kier alpha value is -2.80. The largest absolute Gasteiger partial charge is 0.497 e. The number of ether oxygens (including phenoxy) is 3. The third kappa shape index (κ3) is 4.43.